The first kappa shape index (κ1) is 20.6. The number of nitro groups is 2. The van der Waals surface area contributed by atoms with E-state index in [1.54, 1.807) is 0 Å². The van der Waals surface area contributed by atoms with Gasteiger partial charge >= 0.3 is 11.3 Å². The van der Waals surface area contributed by atoms with E-state index in [4.69, 9.17) is 8.83 Å². The lowest BCUT2D eigenvalue weighted by Gasteiger charge is -2.04. The van der Waals surface area contributed by atoms with Crippen LogP contribution in [0.4, 0.5) is 11.4 Å². The number of hydrogen-bond donors (Lipinski definition) is 0. The Balaban J connectivity index is 1.52. The zero-order valence-corrected chi connectivity index (χ0v) is 16.7. The highest BCUT2D eigenvalue weighted by Crippen LogP contribution is 2.24. The lowest BCUT2D eigenvalue weighted by Crippen LogP contribution is -2.05. The fraction of sp³-hybridized carbons (Fsp3) is 0. The highest BCUT2D eigenvalue weighted by molar-refractivity contribution is 5.82. The van der Waals surface area contributed by atoms with Gasteiger partial charge in [-0.3, -0.25) is 25.2 Å². The van der Waals surface area contributed by atoms with Crippen LogP contribution in [0.15, 0.2) is 73.2 Å². The van der Waals surface area contributed by atoms with Crippen molar-refractivity contribution < 1.29 is 18.7 Å². The molecule has 0 radical (unpaired) electrons. The van der Waals surface area contributed by atoms with Crippen LogP contribution in [0.5, 0.6) is 0 Å². The van der Waals surface area contributed by atoms with E-state index in [-0.39, 0.29) is 50.7 Å². The average molecular weight is 459 g/mol. The van der Waals surface area contributed by atoms with E-state index in [1.807, 2.05) is 0 Å². The minimum atomic E-state index is -0.814. The summed E-state index contributed by atoms with van der Waals surface area (Å²) in [7, 11) is 0. The van der Waals surface area contributed by atoms with Gasteiger partial charge in [0.15, 0.2) is 0 Å². The number of fused-ring (bicyclic) bond motifs is 2. The van der Waals surface area contributed by atoms with Crippen LogP contribution in [0.25, 0.3) is 44.8 Å². The standard InChI is InChI=1S/C21H9N5O8/c27-20-13-7-11(25(29)30)2-5-15(13)23-18(33-20)10-1-4-17(22-9-10)19-24-16-6-3-12(26(31)32)8-14(16)21(28)34-19/h1-9H. The number of pyridine rings is 1. The Morgan fingerprint density at radius 1 is 0.706 bits per heavy atom. The van der Waals surface area contributed by atoms with Gasteiger partial charge in [0.25, 0.3) is 11.4 Å². The van der Waals surface area contributed by atoms with Gasteiger partial charge in [-0.1, -0.05) is 0 Å². The first-order valence-corrected chi connectivity index (χ1v) is 9.45. The maximum atomic E-state index is 12.3. The Labute approximate surface area is 186 Å². The molecule has 0 fully saturated rings. The van der Waals surface area contributed by atoms with Crippen molar-refractivity contribution in [2.45, 2.75) is 0 Å². The van der Waals surface area contributed by atoms with E-state index >= 15 is 0 Å². The number of benzene rings is 2. The number of aromatic nitrogens is 3. The van der Waals surface area contributed by atoms with Gasteiger partial charge in [0.2, 0.25) is 11.8 Å². The van der Waals surface area contributed by atoms with Crippen molar-refractivity contribution in [3.8, 4) is 23.0 Å². The topological polar surface area (TPSA) is 185 Å². The maximum absolute atomic E-state index is 12.3. The lowest BCUT2D eigenvalue weighted by atomic mass is 10.2. The summed E-state index contributed by atoms with van der Waals surface area (Å²) in [6.07, 6.45) is 1.32. The second kappa shape index (κ2) is 7.67. The molecule has 0 unspecified atom stereocenters. The van der Waals surface area contributed by atoms with E-state index < -0.39 is 21.1 Å². The highest BCUT2D eigenvalue weighted by atomic mass is 16.6. The maximum Gasteiger partial charge on any atom is 0.347 e. The first-order chi connectivity index (χ1) is 16.3. The second-order valence-electron chi connectivity index (χ2n) is 6.96. The van der Waals surface area contributed by atoms with E-state index in [1.165, 1.54) is 42.6 Å². The summed E-state index contributed by atoms with van der Waals surface area (Å²) < 4.78 is 10.4. The smallest absolute Gasteiger partial charge is 0.347 e. The molecule has 13 nitrogen and oxygen atoms in total. The Morgan fingerprint density at radius 2 is 1.24 bits per heavy atom. The van der Waals surface area contributed by atoms with Crippen molar-refractivity contribution in [1.82, 2.24) is 15.0 Å². The molecule has 3 aromatic heterocycles. The summed E-state index contributed by atoms with van der Waals surface area (Å²) in [5.41, 5.74) is -1.25. The molecule has 0 amide bonds. The molecule has 0 bridgehead atoms. The SMILES string of the molecule is O=c1oc(-c2ccc(-c3nc4ccc([N+](=O)[O-])cc4c(=O)o3)nc2)nc2ccc([N+](=O)[O-])cc12. The van der Waals surface area contributed by atoms with Crippen LogP contribution in [0.2, 0.25) is 0 Å². The van der Waals surface area contributed by atoms with Gasteiger partial charge in [-0.25, -0.2) is 19.6 Å². The number of nitro benzene ring substituents is 2. The third kappa shape index (κ3) is 3.52. The Morgan fingerprint density at radius 3 is 1.74 bits per heavy atom. The number of hydrogen-bond acceptors (Lipinski definition) is 11. The fourth-order valence-corrected chi connectivity index (χ4v) is 3.23. The van der Waals surface area contributed by atoms with Crippen LogP contribution in [0, 0.1) is 20.2 Å². The molecule has 0 saturated carbocycles. The summed E-state index contributed by atoms with van der Waals surface area (Å²) >= 11 is 0. The summed E-state index contributed by atoms with van der Waals surface area (Å²) in [6, 6.07) is 10.2. The van der Waals surface area contributed by atoms with Crippen molar-refractivity contribution in [2.75, 3.05) is 0 Å². The van der Waals surface area contributed by atoms with Crippen molar-refractivity contribution in [1.29, 1.82) is 0 Å². The van der Waals surface area contributed by atoms with Crippen LogP contribution in [0.1, 0.15) is 0 Å². The molecule has 2 aromatic carbocycles. The molecule has 166 valence electrons. The normalized spacial score (nSPS) is 11.1. The first-order valence-electron chi connectivity index (χ1n) is 9.45. The molecule has 0 aliphatic rings. The zero-order valence-electron chi connectivity index (χ0n) is 16.7. The number of non-ortho nitro benzene ring substituents is 2. The van der Waals surface area contributed by atoms with Crippen LogP contribution in [-0.4, -0.2) is 24.8 Å². The molecule has 0 aliphatic carbocycles. The molecule has 0 N–H and O–H groups in total. The molecule has 5 rings (SSSR count). The van der Waals surface area contributed by atoms with Crippen molar-refractivity contribution in [3.63, 3.8) is 0 Å². The molecule has 5 aromatic rings. The highest BCUT2D eigenvalue weighted by Gasteiger charge is 2.16. The molecule has 0 aliphatic heterocycles. The average Bonchev–Trinajstić information content (AvgIpc) is 2.83. The van der Waals surface area contributed by atoms with Crippen LogP contribution in [0.3, 0.4) is 0 Å². The van der Waals surface area contributed by atoms with Crippen LogP contribution < -0.4 is 11.3 Å². The molecule has 0 spiro atoms. The Kier molecular flexibility index (Phi) is 4.64. The molecular formula is C21H9N5O8. The van der Waals surface area contributed by atoms with Crippen LogP contribution >= 0.6 is 0 Å². The summed E-state index contributed by atoms with van der Waals surface area (Å²) in [6.45, 7) is 0. The largest absolute Gasteiger partial charge is 0.403 e. The zero-order chi connectivity index (χ0) is 24.0. The van der Waals surface area contributed by atoms with Crippen molar-refractivity contribution >= 4 is 33.2 Å². The minimum absolute atomic E-state index is 0.0371. The number of rotatable bonds is 4. The van der Waals surface area contributed by atoms with Gasteiger partial charge in [0, 0.05) is 30.5 Å². The predicted molar refractivity (Wildman–Crippen MR) is 116 cm³/mol. The molecule has 0 saturated heterocycles. The third-order valence-electron chi connectivity index (χ3n) is 4.87. The Bertz CT molecular complexity index is 1630. The van der Waals surface area contributed by atoms with Gasteiger partial charge < -0.3 is 8.83 Å². The number of nitrogens with zero attached hydrogens (tertiary/aromatic N) is 5. The van der Waals surface area contributed by atoms with E-state index in [9.17, 15) is 29.8 Å². The molecule has 0 atom stereocenters. The van der Waals surface area contributed by atoms with Gasteiger partial charge in [-0.05, 0) is 24.3 Å². The molecular weight excluding hydrogens is 450 g/mol. The Hall–Kier alpha value is -5.33. The fourth-order valence-electron chi connectivity index (χ4n) is 3.23. The van der Waals surface area contributed by atoms with E-state index in [2.05, 4.69) is 15.0 Å². The monoisotopic (exact) mass is 459 g/mol. The van der Waals surface area contributed by atoms with Gasteiger partial charge in [-0.15, -0.1) is 0 Å². The summed E-state index contributed by atoms with van der Waals surface area (Å²) in [4.78, 5) is 57.8. The summed E-state index contributed by atoms with van der Waals surface area (Å²) in [5, 5.41) is 21.7. The van der Waals surface area contributed by atoms with Crippen LogP contribution in [-0.2, 0) is 0 Å². The predicted octanol–water partition coefficient (Wildman–Crippen LogP) is 3.23. The van der Waals surface area contributed by atoms with Crippen molar-refractivity contribution in [3.05, 3.63) is 95.8 Å². The second-order valence-corrected chi connectivity index (χ2v) is 6.96. The van der Waals surface area contributed by atoms with Gasteiger partial charge in [0.1, 0.15) is 5.69 Å². The molecule has 13 heteroatoms. The minimum Gasteiger partial charge on any atom is -0.403 e. The van der Waals surface area contributed by atoms with Gasteiger partial charge in [0.05, 0.1) is 37.2 Å². The molecule has 3 heterocycles. The summed E-state index contributed by atoms with van der Waals surface area (Å²) in [5.74, 6) is -0.177. The quantitative estimate of drug-likeness (QED) is 0.284. The third-order valence-corrected chi connectivity index (χ3v) is 4.87. The molecule has 34 heavy (non-hydrogen) atoms. The lowest BCUT2D eigenvalue weighted by molar-refractivity contribution is -0.384. The van der Waals surface area contributed by atoms with Crippen molar-refractivity contribution in [2.24, 2.45) is 0 Å². The van der Waals surface area contributed by atoms with Gasteiger partial charge in [-0.2, -0.15) is 0 Å². The van der Waals surface area contributed by atoms with E-state index in [0.717, 1.165) is 12.1 Å². The van der Waals surface area contributed by atoms with E-state index in [0.29, 0.717) is 5.56 Å².